The summed E-state index contributed by atoms with van der Waals surface area (Å²) in [5.41, 5.74) is 2.02. The Morgan fingerprint density at radius 3 is 2.00 bits per heavy atom. The van der Waals surface area contributed by atoms with Gasteiger partial charge < -0.3 is 19.8 Å². The topological polar surface area (TPSA) is 106 Å². The van der Waals surface area contributed by atoms with Gasteiger partial charge >= 0.3 is 20.4 Å². The number of hydrogen-bond donors (Lipinski definition) is 0. The van der Waals surface area contributed by atoms with Crippen LogP contribution in [0, 0.1) is 0 Å². The molecule has 0 unspecified atom stereocenters. The van der Waals surface area contributed by atoms with Crippen LogP contribution in [0.3, 0.4) is 0 Å². The van der Waals surface area contributed by atoms with Gasteiger partial charge in [-0.25, -0.2) is 0 Å². The van der Waals surface area contributed by atoms with Crippen molar-refractivity contribution in [2.24, 2.45) is 0 Å². The summed E-state index contributed by atoms with van der Waals surface area (Å²) in [6, 6.07) is 12.1. The van der Waals surface area contributed by atoms with Crippen LogP contribution in [0.15, 0.2) is 48.8 Å². The van der Waals surface area contributed by atoms with Crippen molar-refractivity contribution >= 4 is 33.7 Å². The van der Waals surface area contributed by atoms with Gasteiger partial charge in [0.05, 0.1) is 11.0 Å². The number of aromatic nitrogens is 2. The first-order valence-electron chi connectivity index (χ1n) is 6.35. The number of aliphatic carboxylic acids is 2. The minimum atomic E-state index is -1.08. The van der Waals surface area contributed by atoms with Gasteiger partial charge in [0.2, 0.25) is 0 Å². The number of fused-ring (bicyclic) bond motifs is 3. The largest absolute Gasteiger partial charge is 2.00 e. The van der Waals surface area contributed by atoms with Crippen molar-refractivity contribution in [2.45, 2.75) is 13.8 Å². The van der Waals surface area contributed by atoms with E-state index in [1.165, 1.54) is 0 Å². The molecular weight excluding hydrogens is 391 g/mol. The first-order chi connectivity index (χ1) is 10.4. The van der Waals surface area contributed by atoms with Gasteiger partial charge in [-0.1, -0.05) is 12.1 Å². The van der Waals surface area contributed by atoms with Crippen LogP contribution in [0.2, 0.25) is 0 Å². The first kappa shape index (κ1) is 20.6. The summed E-state index contributed by atoms with van der Waals surface area (Å²) in [6.07, 6.45) is 3.62. The summed E-state index contributed by atoms with van der Waals surface area (Å²) in [5.74, 6) is -2.17. The van der Waals surface area contributed by atoms with Gasteiger partial charge in [-0.3, -0.25) is 9.97 Å². The number of carbonyl (C=O) groups excluding carboxylic acids is 2. The molecule has 0 fully saturated rings. The fraction of sp³-hybridized carbons (Fsp3) is 0.125. The third-order valence-corrected chi connectivity index (χ3v) is 2.35. The summed E-state index contributed by atoms with van der Waals surface area (Å²) in [5, 5.41) is 20.1. The summed E-state index contributed by atoms with van der Waals surface area (Å²) in [6.45, 7) is 1.94. The minimum Gasteiger partial charge on any atom is -0.550 e. The van der Waals surface area contributed by atoms with Crippen molar-refractivity contribution in [3.8, 4) is 0 Å². The third kappa shape index (κ3) is 7.45. The third-order valence-electron chi connectivity index (χ3n) is 2.35. The van der Waals surface area contributed by atoms with Gasteiger partial charge in [0.15, 0.2) is 0 Å². The molecule has 23 heavy (non-hydrogen) atoms. The minimum absolute atomic E-state index is 0. The summed E-state index contributed by atoms with van der Waals surface area (Å²) in [7, 11) is 0. The predicted octanol–water partition coefficient (Wildman–Crippen LogP) is 0.293. The Morgan fingerprint density at radius 1 is 0.870 bits per heavy atom. The van der Waals surface area contributed by atoms with Gasteiger partial charge in [-0.05, 0) is 38.1 Å². The van der Waals surface area contributed by atoms with Crippen LogP contribution in [-0.4, -0.2) is 21.9 Å². The second kappa shape index (κ2) is 10.4. The van der Waals surface area contributed by atoms with Gasteiger partial charge in [0.1, 0.15) is 0 Å². The van der Waals surface area contributed by atoms with Crippen LogP contribution >= 0.6 is 0 Å². The van der Waals surface area contributed by atoms with Crippen LogP contribution in [-0.2, 0) is 30.0 Å². The molecule has 0 aliphatic carbocycles. The summed E-state index contributed by atoms with van der Waals surface area (Å²) >= 11 is 0. The Morgan fingerprint density at radius 2 is 1.39 bits per heavy atom. The standard InChI is InChI=1S/C12H8N2.2C2H4O2.Pd/c1-3-9-5-6-11-10(4-2-7-13-11)12(9)14-8-1;2*1-2(3)4;/h1-8H;2*1H3,(H,3,4);/q;;;+2/p-2. The van der Waals surface area contributed by atoms with Gasteiger partial charge in [-0.2, -0.15) is 0 Å². The van der Waals surface area contributed by atoms with Crippen LogP contribution < -0.4 is 10.2 Å². The Bertz CT molecular complexity index is 718. The molecule has 0 aliphatic rings. The van der Waals surface area contributed by atoms with E-state index in [1.54, 1.807) is 6.20 Å². The fourth-order valence-corrected chi connectivity index (χ4v) is 1.70. The molecule has 0 spiro atoms. The van der Waals surface area contributed by atoms with E-state index in [0.29, 0.717) is 0 Å². The predicted molar refractivity (Wildman–Crippen MR) is 78.4 cm³/mol. The molecule has 0 atom stereocenters. The molecule has 3 rings (SSSR count). The molecule has 6 nitrogen and oxygen atoms in total. The normalized spacial score (nSPS) is 8.78. The molecule has 0 aliphatic heterocycles. The molecule has 7 heteroatoms. The SMILES string of the molecule is CC(=O)[O-].CC(=O)[O-].[Pd+2].c1cnc2c(c1)ccc1ncccc12. The average Bonchev–Trinajstić information content (AvgIpc) is 2.46. The van der Waals surface area contributed by atoms with Crippen LogP contribution in [0.1, 0.15) is 13.8 Å². The Labute approximate surface area is 146 Å². The van der Waals surface area contributed by atoms with E-state index in [0.717, 1.165) is 35.7 Å². The second-order valence-corrected chi connectivity index (χ2v) is 4.19. The second-order valence-electron chi connectivity index (χ2n) is 4.19. The Balaban J connectivity index is 0.000000461. The number of carboxylic acids is 2. The maximum absolute atomic E-state index is 8.89. The van der Waals surface area contributed by atoms with E-state index in [4.69, 9.17) is 19.8 Å². The van der Waals surface area contributed by atoms with E-state index in [9.17, 15) is 0 Å². The zero-order valence-electron chi connectivity index (χ0n) is 12.5. The number of benzene rings is 1. The molecule has 2 aromatic heterocycles. The van der Waals surface area contributed by atoms with Crippen LogP contribution in [0.5, 0.6) is 0 Å². The van der Waals surface area contributed by atoms with E-state index in [2.05, 4.69) is 28.2 Å². The number of pyridine rings is 2. The van der Waals surface area contributed by atoms with Crippen molar-refractivity contribution in [2.75, 3.05) is 0 Å². The Hall–Kier alpha value is -2.36. The molecule has 0 saturated heterocycles. The number of carbonyl (C=O) groups is 2. The van der Waals surface area contributed by atoms with E-state index in [-0.39, 0.29) is 20.4 Å². The van der Waals surface area contributed by atoms with Crippen molar-refractivity contribution < 1.29 is 40.2 Å². The smallest absolute Gasteiger partial charge is 0.550 e. The fourth-order valence-electron chi connectivity index (χ4n) is 1.70. The van der Waals surface area contributed by atoms with Gasteiger partial charge in [-0.15, -0.1) is 0 Å². The molecular formula is C16H14N2O4Pd. The molecule has 1 aromatic carbocycles. The maximum Gasteiger partial charge on any atom is 2.00 e. The van der Waals surface area contributed by atoms with Crippen molar-refractivity contribution in [1.29, 1.82) is 0 Å². The molecule has 0 bridgehead atoms. The molecule has 3 aromatic rings. The van der Waals surface area contributed by atoms with Gasteiger partial charge in [0, 0.05) is 35.1 Å². The van der Waals surface area contributed by atoms with Crippen LogP contribution in [0.25, 0.3) is 21.8 Å². The zero-order valence-corrected chi connectivity index (χ0v) is 14.0. The molecule has 0 amide bonds. The number of hydrogen-bond acceptors (Lipinski definition) is 6. The summed E-state index contributed by atoms with van der Waals surface area (Å²) < 4.78 is 0. The molecule has 2 heterocycles. The molecule has 0 saturated carbocycles. The summed E-state index contributed by atoms with van der Waals surface area (Å²) in [4.78, 5) is 26.4. The van der Waals surface area contributed by atoms with Crippen molar-refractivity contribution in [3.63, 3.8) is 0 Å². The van der Waals surface area contributed by atoms with Crippen molar-refractivity contribution in [1.82, 2.24) is 9.97 Å². The number of rotatable bonds is 0. The maximum atomic E-state index is 8.89. The molecule has 0 radical (unpaired) electrons. The molecule has 0 N–H and O–H groups in total. The molecule has 122 valence electrons. The van der Waals surface area contributed by atoms with Crippen molar-refractivity contribution in [3.05, 3.63) is 48.8 Å². The van der Waals surface area contributed by atoms with E-state index < -0.39 is 11.9 Å². The van der Waals surface area contributed by atoms with Crippen LogP contribution in [0.4, 0.5) is 0 Å². The Kier molecular flexibility index (Phi) is 9.32. The quantitative estimate of drug-likeness (QED) is 0.394. The number of carboxylic acid groups (broad SMARTS) is 2. The number of nitrogens with zero attached hydrogens (tertiary/aromatic N) is 2. The van der Waals surface area contributed by atoms with Gasteiger partial charge in [0.25, 0.3) is 0 Å². The monoisotopic (exact) mass is 404 g/mol. The van der Waals surface area contributed by atoms with E-state index in [1.807, 2.05) is 24.4 Å². The zero-order chi connectivity index (χ0) is 16.5. The first-order valence-corrected chi connectivity index (χ1v) is 6.35. The van der Waals surface area contributed by atoms with E-state index >= 15 is 0 Å². The average molecular weight is 405 g/mol.